The van der Waals surface area contributed by atoms with Crippen molar-refractivity contribution < 1.29 is 13.6 Å². The number of aromatic nitrogens is 1. The number of halogens is 1. The van der Waals surface area contributed by atoms with E-state index in [1.54, 1.807) is 12.3 Å². The van der Waals surface area contributed by atoms with Crippen molar-refractivity contribution in [1.82, 2.24) is 4.98 Å². The highest BCUT2D eigenvalue weighted by Gasteiger charge is 2.14. The molecule has 1 unspecified atom stereocenters. The fraction of sp³-hybridized carbons (Fsp3) is 0.385. The van der Waals surface area contributed by atoms with E-state index in [1.807, 2.05) is 13.8 Å². The minimum atomic E-state index is -1.18. The molecule has 0 aliphatic heterocycles. The van der Waals surface area contributed by atoms with E-state index in [4.69, 9.17) is 4.42 Å². The molecule has 0 spiro atoms. The molecule has 2 rings (SSSR count). The van der Waals surface area contributed by atoms with Crippen LogP contribution in [0.2, 0.25) is 0 Å². The quantitative estimate of drug-likeness (QED) is 0.739. The molecule has 0 saturated carbocycles. The number of ketones is 1. The van der Waals surface area contributed by atoms with Gasteiger partial charge in [-0.05, 0) is 19.9 Å². The Labute approximate surface area is 99.6 Å². The average molecular weight is 237 g/mol. The monoisotopic (exact) mass is 237 g/mol. The predicted molar refractivity (Wildman–Crippen MR) is 64.9 cm³/mol. The third kappa shape index (κ3) is 2.70. The van der Waals surface area contributed by atoms with Crippen molar-refractivity contribution in [3.63, 3.8) is 0 Å². The maximum Gasteiger partial charge on any atom is 0.165 e. The summed E-state index contributed by atoms with van der Waals surface area (Å²) < 4.78 is 18.3. The number of carbonyl (C=O) groups excluding carboxylic acids is 1. The molecule has 2 aromatic heterocycles. The van der Waals surface area contributed by atoms with Crippen LogP contribution in [0.3, 0.4) is 0 Å². The molecule has 3 nitrogen and oxygen atoms in total. The molecule has 0 aliphatic carbocycles. The number of furan rings is 1. The van der Waals surface area contributed by atoms with Gasteiger partial charge in [-0.15, -0.1) is 0 Å². The fourth-order valence-corrected chi connectivity index (χ4v) is 1.43. The van der Waals surface area contributed by atoms with Crippen LogP contribution in [0.1, 0.15) is 50.0 Å². The molecule has 0 bridgehead atoms. The molecule has 0 fully saturated rings. The first kappa shape index (κ1) is 13.4. The van der Waals surface area contributed by atoms with Crippen molar-refractivity contribution in [1.29, 1.82) is 0 Å². The highest BCUT2D eigenvalue weighted by atomic mass is 19.1. The van der Waals surface area contributed by atoms with Gasteiger partial charge in [0.1, 0.15) is 11.3 Å². The Kier molecular flexibility index (Phi) is 4.37. The molecule has 0 amide bonds. The summed E-state index contributed by atoms with van der Waals surface area (Å²) in [6.07, 6.45) is 1.80. The number of rotatable bonds is 2. The zero-order valence-corrected chi connectivity index (χ0v) is 10.5. The third-order valence-electron chi connectivity index (χ3n) is 2.21. The number of pyridine rings is 1. The van der Waals surface area contributed by atoms with Crippen LogP contribution in [-0.2, 0) is 0 Å². The second-order valence-electron chi connectivity index (χ2n) is 3.43. The second kappa shape index (κ2) is 5.57. The van der Waals surface area contributed by atoms with Gasteiger partial charge < -0.3 is 4.42 Å². The van der Waals surface area contributed by atoms with E-state index in [-0.39, 0.29) is 11.5 Å². The van der Waals surface area contributed by atoms with Gasteiger partial charge in [0.25, 0.3) is 0 Å². The Morgan fingerprint density at radius 1 is 1.41 bits per heavy atom. The molecule has 0 N–H and O–H groups in total. The fourth-order valence-electron chi connectivity index (χ4n) is 1.43. The predicted octanol–water partition coefficient (Wildman–Crippen LogP) is 4.09. The van der Waals surface area contributed by atoms with E-state index >= 15 is 0 Å². The van der Waals surface area contributed by atoms with Crippen LogP contribution in [0.4, 0.5) is 4.39 Å². The van der Waals surface area contributed by atoms with Gasteiger partial charge in [0.05, 0.1) is 5.56 Å². The number of carbonyl (C=O) groups is 1. The summed E-state index contributed by atoms with van der Waals surface area (Å²) in [5, 5.41) is 0.655. The summed E-state index contributed by atoms with van der Waals surface area (Å²) in [4.78, 5) is 15.1. The molecule has 0 radical (unpaired) electrons. The lowest BCUT2D eigenvalue weighted by atomic mass is 10.1. The first-order valence-electron chi connectivity index (χ1n) is 5.62. The Balaban J connectivity index is 0.000000686. The lowest BCUT2D eigenvalue weighted by Crippen LogP contribution is -1.92. The molecule has 17 heavy (non-hydrogen) atoms. The lowest BCUT2D eigenvalue weighted by molar-refractivity contribution is 0.101. The van der Waals surface area contributed by atoms with Crippen LogP contribution in [-0.4, -0.2) is 10.8 Å². The Bertz CT molecular complexity index is 517. The van der Waals surface area contributed by atoms with E-state index in [0.29, 0.717) is 16.5 Å². The Hall–Kier alpha value is -1.71. The molecule has 2 heterocycles. The van der Waals surface area contributed by atoms with E-state index in [9.17, 15) is 9.18 Å². The minimum Gasteiger partial charge on any atom is -0.457 e. The van der Waals surface area contributed by atoms with Gasteiger partial charge in [0.15, 0.2) is 12.0 Å². The van der Waals surface area contributed by atoms with Crippen molar-refractivity contribution in [3.8, 4) is 0 Å². The van der Waals surface area contributed by atoms with Gasteiger partial charge in [-0.1, -0.05) is 13.8 Å². The van der Waals surface area contributed by atoms with Gasteiger partial charge in [-0.3, -0.25) is 9.78 Å². The number of nitrogens with zero attached hydrogens (tertiary/aromatic N) is 1. The van der Waals surface area contributed by atoms with Crippen LogP contribution in [0, 0.1) is 0 Å². The normalized spacial score (nSPS) is 11.8. The van der Waals surface area contributed by atoms with E-state index in [2.05, 4.69) is 4.98 Å². The summed E-state index contributed by atoms with van der Waals surface area (Å²) in [5.41, 5.74) is 0.802. The first-order chi connectivity index (χ1) is 8.09. The summed E-state index contributed by atoms with van der Waals surface area (Å²) in [7, 11) is 0. The largest absolute Gasteiger partial charge is 0.457 e. The molecular formula is C13H16FNO2. The molecule has 4 heteroatoms. The molecular weight excluding hydrogens is 221 g/mol. The average Bonchev–Trinajstić information content (AvgIpc) is 2.74. The molecule has 0 aromatic carbocycles. The van der Waals surface area contributed by atoms with Crippen molar-refractivity contribution in [2.75, 3.05) is 0 Å². The van der Waals surface area contributed by atoms with E-state index in [1.165, 1.54) is 20.0 Å². The number of Topliss-reactive ketones (excluding diaryl/α,β-unsaturated/α-hetero) is 1. The van der Waals surface area contributed by atoms with Crippen LogP contribution in [0.5, 0.6) is 0 Å². The van der Waals surface area contributed by atoms with Gasteiger partial charge >= 0.3 is 0 Å². The summed E-state index contributed by atoms with van der Waals surface area (Å²) >= 11 is 0. The Morgan fingerprint density at radius 2 is 2.06 bits per heavy atom. The minimum absolute atomic E-state index is 0.138. The van der Waals surface area contributed by atoms with Gasteiger partial charge in [-0.2, -0.15) is 0 Å². The highest BCUT2D eigenvalue weighted by Crippen LogP contribution is 2.27. The van der Waals surface area contributed by atoms with Crippen LogP contribution < -0.4 is 0 Å². The number of hydrogen-bond acceptors (Lipinski definition) is 3. The summed E-state index contributed by atoms with van der Waals surface area (Å²) in [6, 6.07) is 1.57. The first-order valence-corrected chi connectivity index (χ1v) is 5.62. The van der Waals surface area contributed by atoms with Crippen LogP contribution >= 0.6 is 0 Å². The van der Waals surface area contributed by atoms with Gasteiger partial charge in [0, 0.05) is 17.8 Å². The zero-order valence-electron chi connectivity index (χ0n) is 10.5. The molecule has 0 aliphatic rings. The summed E-state index contributed by atoms with van der Waals surface area (Å²) in [6.45, 7) is 6.82. The molecule has 92 valence electrons. The maximum atomic E-state index is 13.0. The maximum absolute atomic E-state index is 13.0. The number of hydrogen-bond donors (Lipinski definition) is 0. The van der Waals surface area contributed by atoms with Crippen LogP contribution in [0.15, 0.2) is 22.9 Å². The van der Waals surface area contributed by atoms with E-state index in [0.717, 1.165) is 0 Å². The topological polar surface area (TPSA) is 43.1 Å². The van der Waals surface area contributed by atoms with E-state index < -0.39 is 6.17 Å². The van der Waals surface area contributed by atoms with Gasteiger partial charge in [0.2, 0.25) is 0 Å². The van der Waals surface area contributed by atoms with Gasteiger partial charge in [-0.25, -0.2) is 4.39 Å². The van der Waals surface area contributed by atoms with Crippen molar-refractivity contribution in [3.05, 3.63) is 29.8 Å². The highest BCUT2D eigenvalue weighted by molar-refractivity contribution is 6.04. The third-order valence-corrected chi connectivity index (χ3v) is 2.21. The van der Waals surface area contributed by atoms with Crippen molar-refractivity contribution in [2.24, 2.45) is 0 Å². The second-order valence-corrected chi connectivity index (χ2v) is 3.43. The Morgan fingerprint density at radius 3 is 2.59 bits per heavy atom. The van der Waals surface area contributed by atoms with Crippen LogP contribution in [0.25, 0.3) is 11.0 Å². The SMILES string of the molecule is CC.CC(=O)c1cncc2cc(C(C)F)oc12. The lowest BCUT2D eigenvalue weighted by Gasteiger charge is -1.96. The standard InChI is InChI=1S/C11H10FNO2.C2H6/c1-6(12)10-3-8-4-13-5-9(7(2)14)11(8)15-10;1-2/h3-6H,1-2H3;1-2H3. The smallest absolute Gasteiger partial charge is 0.165 e. The number of fused-ring (bicyclic) bond motifs is 1. The number of alkyl halides is 1. The molecule has 1 atom stereocenters. The molecule has 0 saturated heterocycles. The van der Waals surface area contributed by atoms with Crippen molar-refractivity contribution >= 4 is 16.8 Å². The zero-order chi connectivity index (χ0) is 13.0. The summed E-state index contributed by atoms with van der Waals surface area (Å²) in [5.74, 6) is 0.0843. The molecule has 2 aromatic rings. The van der Waals surface area contributed by atoms with Crippen molar-refractivity contribution in [2.45, 2.75) is 33.9 Å².